The maximum atomic E-state index is 12.2. The van der Waals surface area contributed by atoms with Crippen molar-refractivity contribution in [3.05, 3.63) is 29.8 Å². The average molecular weight is 218 g/mol. The van der Waals surface area contributed by atoms with E-state index in [2.05, 4.69) is 0 Å². The third-order valence-electron chi connectivity index (χ3n) is 1.94. The van der Waals surface area contributed by atoms with Crippen LogP contribution in [0.1, 0.15) is 5.56 Å². The molecule has 15 heavy (non-hydrogen) atoms. The van der Waals surface area contributed by atoms with Gasteiger partial charge in [-0.15, -0.1) is 0 Å². The molecule has 0 saturated heterocycles. The van der Waals surface area contributed by atoms with E-state index >= 15 is 0 Å². The lowest BCUT2D eigenvalue weighted by atomic mass is 9.79. The second-order valence-corrected chi connectivity index (χ2v) is 2.92. The Morgan fingerprint density at radius 1 is 1.00 bits per heavy atom. The standard InChI is InChI=1S/C9H10BF3O2/c1-14-10(15-2)8-5-3-7(4-6-8)9(11,12)13/h3-6H,1-2H3. The van der Waals surface area contributed by atoms with Crippen molar-refractivity contribution in [1.82, 2.24) is 0 Å². The van der Waals surface area contributed by atoms with Gasteiger partial charge in [-0.1, -0.05) is 24.3 Å². The van der Waals surface area contributed by atoms with E-state index in [0.717, 1.165) is 12.1 Å². The van der Waals surface area contributed by atoms with Gasteiger partial charge in [0.1, 0.15) is 0 Å². The molecule has 0 N–H and O–H groups in total. The van der Waals surface area contributed by atoms with Gasteiger partial charge in [0.25, 0.3) is 0 Å². The summed E-state index contributed by atoms with van der Waals surface area (Å²) in [5.41, 5.74) is -0.134. The van der Waals surface area contributed by atoms with Crippen molar-refractivity contribution in [3.63, 3.8) is 0 Å². The van der Waals surface area contributed by atoms with Crippen LogP contribution in [-0.2, 0) is 15.5 Å². The molecule has 0 amide bonds. The summed E-state index contributed by atoms with van der Waals surface area (Å²) in [6.07, 6.45) is -4.31. The van der Waals surface area contributed by atoms with E-state index in [1.165, 1.54) is 26.4 Å². The molecule has 0 heterocycles. The molecular formula is C9H10BF3O2. The number of hydrogen-bond acceptors (Lipinski definition) is 2. The molecular weight excluding hydrogens is 208 g/mol. The monoisotopic (exact) mass is 218 g/mol. The molecule has 1 rings (SSSR count). The van der Waals surface area contributed by atoms with Crippen molar-refractivity contribution >= 4 is 12.6 Å². The normalized spacial score (nSPS) is 11.5. The van der Waals surface area contributed by atoms with E-state index < -0.39 is 18.9 Å². The maximum Gasteiger partial charge on any atom is 0.493 e. The Labute approximate surface area is 86.1 Å². The highest BCUT2D eigenvalue weighted by Crippen LogP contribution is 2.28. The Morgan fingerprint density at radius 2 is 1.47 bits per heavy atom. The minimum Gasteiger partial charge on any atom is -0.410 e. The van der Waals surface area contributed by atoms with Gasteiger partial charge in [-0.05, 0) is 5.46 Å². The van der Waals surface area contributed by atoms with Crippen LogP contribution >= 0.6 is 0 Å². The summed E-state index contributed by atoms with van der Waals surface area (Å²) in [4.78, 5) is 0. The first-order valence-electron chi connectivity index (χ1n) is 4.21. The zero-order valence-electron chi connectivity index (χ0n) is 8.34. The molecule has 0 fully saturated rings. The van der Waals surface area contributed by atoms with Crippen LogP contribution < -0.4 is 5.46 Å². The molecule has 0 unspecified atom stereocenters. The first-order chi connectivity index (χ1) is 6.99. The smallest absolute Gasteiger partial charge is 0.410 e. The molecule has 82 valence electrons. The quantitative estimate of drug-likeness (QED) is 0.718. The zero-order valence-corrected chi connectivity index (χ0v) is 8.34. The second-order valence-electron chi connectivity index (χ2n) is 2.92. The third kappa shape index (κ3) is 2.97. The summed E-state index contributed by atoms with van der Waals surface area (Å²) in [7, 11) is 2.21. The second kappa shape index (κ2) is 4.68. The lowest BCUT2D eigenvalue weighted by Gasteiger charge is -2.10. The molecule has 0 spiro atoms. The average Bonchev–Trinajstić information content (AvgIpc) is 2.19. The zero-order chi connectivity index (χ0) is 11.5. The van der Waals surface area contributed by atoms with E-state index in [1.807, 2.05) is 0 Å². The van der Waals surface area contributed by atoms with E-state index in [9.17, 15) is 13.2 Å². The van der Waals surface area contributed by atoms with Crippen LogP contribution in [0.15, 0.2) is 24.3 Å². The lowest BCUT2D eigenvalue weighted by molar-refractivity contribution is -0.137. The third-order valence-corrected chi connectivity index (χ3v) is 1.94. The lowest BCUT2D eigenvalue weighted by Crippen LogP contribution is -2.34. The summed E-state index contributed by atoms with van der Waals surface area (Å²) in [5, 5.41) is 0. The summed E-state index contributed by atoms with van der Waals surface area (Å²) >= 11 is 0. The van der Waals surface area contributed by atoms with Crippen LogP contribution in [0, 0.1) is 0 Å². The van der Waals surface area contributed by atoms with Gasteiger partial charge in [-0.2, -0.15) is 13.2 Å². The van der Waals surface area contributed by atoms with Gasteiger partial charge >= 0.3 is 13.3 Å². The highest BCUT2D eigenvalue weighted by Gasteiger charge is 2.30. The largest absolute Gasteiger partial charge is 0.493 e. The summed E-state index contributed by atoms with van der Waals surface area (Å²) in [6, 6.07) is 4.67. The SMILES string of the molecule is COB(OC)c1ccc(C(F)(F)F)cc1. The molecule has 0 aliphatic rings. The van der Waals surface area contributed by atoms with E-state index in [4.69, 9.17) is 9.31 Å². The highest BCUT2D eigenvalue weighted by molar-refractivity contribution is 6.61. The fourth-order valence-electron chi connectivity index (χ4n) is 1.20. The predicted octanol–water partition coefficient (Wildman–Crippen LogP) is 1.69. The van der Waals surface area contributed by atoms with Crippen LogP contribution in [0.2, 0.25) is 0 Å². The molecule has 1 aromatic carbocycles. The van der Waals surface area contributed by atoms with Gasteiger partial charge in [0, 0.05) is 14.2 Å². The molecule has 1 aromatic rings. The van der Waals surface area contributed by atoms with E-state index in [-0.39, 0.29) is 0 Å². The molecule has 2 nitrogen and oxygen atoms in total. The molecule has 0 atom stereocenters. The number of rotatable bonds is 3. The Balaban J connectivity index is 2.89. The van der Waals surface area contributed by atoms with Gasteiger partial charge in [0.2, 0.25) is 0 Å². The first kappa shape index (κ1) is 12.1. The van der Waals surface area contributed by atoms with Crippen molar-refractivity contribution < 1.29 is 22.5 Å². The minimum atomic E-state index is -4.31. The van der Waals surface area contributed by atoms with Gasteiger partial charge in [-0.25, -0.2) is 0 Å². The molecule has 0 bridgehead atoms. The first-order valence-corrected chi connectivity index (χ1v) is 4.21. The van der Waals surface area contributed by atoms with Crippen molar-refractivity contribution in [1.29, 1.82) is 0 Å². The van der Waals surface area contributed by atoms with Crippen molar-refractivity contribution in [2.75, 3.05) is 14.2 Å². The Morgan fingerprint density at radius 3 is 1.80 bits per heavy atom. The summed E-state index contributed by atoms with van der Waals surface area (Å²) < 4.78 is 46.5. The Kier molecular flexibility index (Phi) is 3.76. The van der Waals surface area contributed by atoms with Gasteiger partial charge in [0.15, 0.2) is 0 Å². The fraction of sp³-hybridized carbons (Fsp3) is 0.333. The molecule has 0 radical (unpaired) electrons. The predicted molar refractivity (Wildman–Crippen MR) is 50.9 cm³/mol. The molecule has 0 aromatic heterocycles. The minimum absolute atomic E-state index is 0.549. The number of halogens is 3. The van der Waals surface area contributed by atoms with Crippen molar-refractivity contribution in [2.45, 2.75) is 6.18 Å². The number of benzene rings is 1. The van der Waals surface area contributed by atoms with E-state index in [0.29, 0.717) is 5.46 Å². The molecule has 0 saturated carbocycles. The fourth-order valence-corrected chi connectivity index (χ4v) is 1.20. The van der Waals surface area contributed by atoms with E-state index in [1.54, 1.807) is 0 Å². The van der Waals surface area contributed by atoms with Crippen LogP contribution in [0.3, 0.4) is 0 Å². The van der Waals surface area contributed by atoms with Crippen LogP contribution in [0.4, 0.5) is 13.2 Å². The summed E-state index contributed by atoms with van der Waals surface area (Å²) in [5.74, 6) is 0. The van der Waals surface area contributed by atoms with Crippen molar-refractivity contribution in [2.24, 2.45) is 0 Å². The summed E-state index contributed by atoms with van der Waals surface area (Å²) in [6.45, 7) is 0. The van der Waals surface area contributed by atoms with Crippen molar-refractivity contribution in [3.8, 4) is 0 Å². The van der Waals surface area contributed by atoms with Gasteiger partial charge in [0.05, 0.1) is 5.56 Å². The topological polar surface area (TPSA) is 18.5 Å². The number of alkyl halides is 3. The Hall–Kier alpha value is -1.01. The van der Waals surface area contributed by atoms with Crippen LogP contribution in [-0.4, -0.2) is 21.3 Å². The maximum absolute atomic E-state index is 12.2. The Bertz CT molecular complexity index is 306. The van der Waals surface area contributed by atoms with Gasteiger partial charge in [-0.3, -0.25) is 0 Å². The highest BCUT2D eigenvalue weighted by atomic mass is 19.4. The molecule has 6 heteroatoms. The molecule has 0 aliphatic carbocycles. The van der Waals surface area contributed by atoms with Crippen LogP contribution in [0.25, 0.3) is 0 Å². The number of hydrogen-bond donors (Lipinski definition) is 0. The van der Waals surface area contributed by atoms with Gasteiger partial charge < -0.3 is 9.31 Å². The van der Waals surface area contributed by atoms with Crippen LogP contribution in [0.5, 0.6) is 0 Å². The molecule has 0 aliphatic heterocycles.